The summed E-state index contributed by atoms with van der Waals surface area (Å²) in [5.41, 5.74) is 1.28. The molecule has 0 aliphatic carbocycles. The standard InChI is InChI=1S/C17H11Cl2NO3S/c18-12-5-9(7-15(21)22)6-13(19)16(12)20-17(23)11-8-24-14-4-2-1-3-10(11)14/h1-6,8H,7H2,(H,20,23)(H,21,22). The van der Waals surface area contributed by atoms with Gasteiger partial charge in [0.1, 0.15) is 0 Å². The number of anilines is 1. The van der Waals surface area contributed by atoms with Crippen molar-refractivity contribution < 1.29 is 14.7 Å². The lowest BCUT2D eigenvalue weighted by atomic mass is 10.1. The highest BCUT2D eigenvalue weighted by Gasteiger charge is 2.16. The van der Waals surface area contributed by atoms with Crippen LogP contribution < -0.4 is 5.32 Å². The molecule has 7 heteroatoms. The number of amides is 1. The van der Waals surface area contributed by atoms with E-state index in [1.54, 1.807) is 5.38 Å². The molecule has 1 aromatic heterocycles. The third-order valence-electron chi connectivity index (χ3n) is 3.42. The zero-order chi connectivity index (χ0) is 17.3. The molecule has 0 spiro atoms. The lowest BCUT2D eigenvalue weighted by molar-refractivity contribution is -0.136. The van der Waals surface area contributed by atoms with E-state index in [1.165, 1.54) is 23.5 Å². The topological polar surface area (TPSA) is 66.4 Å². The normalized spacial score (nSPS) is 10.8. The highest BCUT2D eigenvalue weighted by atomic mass is 35.5. The van der Waals surface area contributed by atoms with Gasteiger partial charge in [-0.25, -0.2) is 0 Å². The Kier molecular flexibility index (Phi) is 4.76. The molecule has 0 aliphatic heterocycles. The number of carbonyl (C=O) groups excluding carboxylic acids is 1. The molecule has 0 radical (unpaired) electrons. The Hall–Kier alpha value is -2.08. The Balaban J connectivity index is 1.90. The maximum Gasteiger partial charge on any atom is 0.307 e. The predicted octanol–water partition coefficient (Wildman–Crippen LogP) is 5.09. The van der Waals surface area contributed by atoms with Gasteiger partial charge in [0.25, 0.3) is 5.91 Å². The van der Waals surface area contributed by atoms with E-state index in [2.05, 4.69) is 5.32 Å². The van der Waals surface area contributed by atoms with Crippen LogP contribution in [0.5, 0.6) is 0 Å². The smallest absolute Gasteiger partial charge is 0.307 e. The molecule has 4 nitrogen and oxygen atoms in total. The first-order chi connectivity index (χ1) is 11.5. The van der Waals surface area contributed by atoms with E-state index in [4.69, 9.17) is 28.3 Å². The summed E-state index contributed by atoms with van der Waals surface area (Å²) < 4.78 is 1.01. The number of carboxylic acid groups (broad SMARTS) is 1. The third kappa shape index (κ3) is 3.38. The second-order valence-electron chi connectivity index (χ2n) is 5.10. The zero-order valence-electron chi connectivity index (χ0n) is 12.2. The number of benzene rings is 2. The van der Waals surface area contributed by atoms with Crippen molar-refractivity contribution in [2.45, 2.75) is 6.42 Å². The molecule has 3 aromatic rings. The van der Waals surface area contributed by atoms with Crippen LogP contribution in [0.3, 0.4) is 0 Å². The van der Waals surface area contributed by atoms with Gasteiger partial charge in [-0.15, -0.1) is 11.3 Å². The van der Waals surface area contributed by atoms with Crippen LogP contribution in [0.4, 0.5) is 5.69 Å². The first-order valence-electron chi connectivity index (χ1n) is 6.93. The molecule has 2 aromatic carbocycles. The molecule has 0 fully saturated rings. The number of nitrogens with one attached hydrogen (secondary N) is 1. The molecular formula is C17H11Cl2NO3S. The fourth-order valence-corrected chi connectivity index (χ4v) is 3.92. The van der Waals surface area contributed by atoms with E-state index in [9.17, 15) is 9.59 Å². The number of rotatable bonds is 4. The molecule has 1 heterocycles. The molecule has 0 bridgehead atoms. The average Bonchev–Trinajstić information content (AvgIpc) is 2.94. The third-order valence-corrected chi connectivity index (χ3v) is 4.98. The number of aliphatic carboxylic acids is 1. The van der Waals surface area contributed by atoms with Crippen LogP contribution in [-0.4, -0.2) is 17.0 Å². The average molecular weight is 380 g/mol. The summed E-state index contributed by atoms with van der Waals surface area (Å²) in [6.07, 6.45) is -0.192. The van der Waals surface area contributed by atoms with E-state index in [1.807, 2.05) is 24.3 Å². The van der Waals surface area contributed by atoms with Gasteiger partial charge in [0.15, 0.2) is 0 Å². The number of hydrogen-bond acceptors (Lipinski definition) is 3. The van der Waals surface area contributed by atoms with Crippen LogP contribution in [0.15, 0.2) is 41.8 Å². The van der Waals surface area contributed by atoms with Crippen molar-refractivity contribution in [1.82, 2.24) is 0 Å². The molecule has 0 saturated carbocycles. The highest BCUT2D eigenvalue weighted by Crippen LogP contribution is 2.33. The SMILES string of the molecule is O=C(O)Cc1cc(Cl)c(NC(=O)c2csc3ccccc23)c(Cl)c1. The Morgan fingerprint density at radius 3 is 2.46 bits per heavy atom. The highest BCUT2D eigenvalue weighted by molar-refractivity contribution is 7.17. The molecule has 122 valence electrons. The molecule has 0 saturated heterocycles. The maximum atomic E-state index is 12.5. The summed E-state index contributed by atoms with van der Waals surface area (Å²) in [4.78, 5) is 23.3. The van der Waals surface area contributed by atoms with Crippen LogP contribution in [-0.2, 0) is 11.2 Å². The largest absolute Gasteiger partial charge is 0.481 e. The van der Waals surface area contributed by atoms with Gasteiger partial charge in [-0.3, -0.25) is 9.59 Å². The fraction of sp³-hybridized carbons (Fsp3) is 0.0588. The van der Waals surface area contributed by atoms with E-state index in [0.29, 0.717) is 11.1 Å². The predicted molar refractivity (Wildman–Crippen MR) is 97.6 cm³/mol. The lowest BCUT2D eigenvalue weighted by Crippen LogP contribution is -2.12. The second kappa shape index (κ2) is 6.81. The molecule has 2 N–H and O–H groups in total. The van der Waals surface area contributed by atoms with Gasteiger partial charge in [0.2, 0.25) is 0 Å². The van der Waals surface area contributed by atoms with Crippen molar-refractivity contribution in [2.24, 2.45) is 0 Å². The summed E-state index contributed by atoms with van der Waals surface area (Å²) in [5.74, 6) is -1.30. The van der Waals surface area contributed by atoms with Gasteiger partial charge in [0.05, 0.1) is 27.7 Å². The summed E-state index contributed by atoms with van der Waals surface area (Å²) in [5, 5.41) is 14.6. The number of carbonyl (C=O) groups is 2. The van der Waals surface area contributed by atoms with Gasteiger partial charge in [0, 0.05) is 15.5 Å². The number of thiophene rings is 1. The second-order valence-corrected chi connectivity index (χ2v) is 6.83. The van der Waals surface area contributed by atoms with Crippen LogP contribution in [0.2, 0.25) is 10.0 Å². The molecule has 3 rings (SSSR count). The molecule has 0 atom stereocenters. The van der Waals surface area contributed by atoms with Gasteiger partial charge < -0.3 is 10.4 Å². The number of halogens is 2. The minimum absolute atomic E-state index is 0.192. The lowest BCUT2D eigenvalue weighted by Gasteiger charge is -2.11. The first kappa shape index (κ1) is 16.8. The minimum Gasteiger partial charge on any atom is -0.481 e. The summed E-state index contributed by atoms with van der Waals surface area (Å²) >= 11 is 13.8. The molecule has 24 heavy (non-hydrogen) atoms. The monoisotopic (exact) mass is 379 g/mol. The number of hydrogen-bond donors (Lipinski definition) is 2. The number of carboxylic acids is 1. The Labute approximate surface area is 151 Å². The van der Waals surface area contributed by atoms with Gasteiger partial charge in [-0.05, 0) is 23.8 Å². The summed E-state index contributed by atoms with van der Waals surface area (Å²) in [6, 6.07) is 10.6. The van der Waals surface area contributed by atoms with E-state index < -0.39 is 5.97 Å². The summed E-state index contributed by atoms with van der Waals surface area (Å²) in [7, 11) is 0. The number of fused-ring (bicyclic) bond motifs is 1. The van der Waals surface area contributed by atoms with Crippen molar-refractivity contribution in [3.8, 4) is 0 Å². The van der Waals surface area contributed by atoms with Crippen molar-refractivity contribution >= 4 is 62.2 Å². The van der Waals surface area contributed by atoms with Gasteiger partial charge >= 0.3 is 5.97 Å². The van der Waals surface area contributed by atoms with Crippen molar-refractivity contribution in [3.63, 3.8) is 0 Å². The Morgan fingerprint density at radius 1 is 1.12 bits per heavy atom. The van der Waals surface area contributed by atoms with Gasteiger partial charge in [-0.1, -0.05) is 41.4 Å². The molecule has 0 aliphatic rings. The zero-order valence-corrected chi connectivity index (χ0v) is 14.5. The quantitative estimate of drug-likeness (QED) is 0.663. The van der Waals surface area contributed by atoms with Crippen LogP contribution in [0.25, 0.3) is 10.1 Å². The van der Waals surface area contributed by atoms with E-state index >= 15 is 0 Å². The van der Waals surface area contributed by atoms with Crippen molar-refractivity contribution in [1.29, 1.82) is 0 Å². The first-order valence-corrected chi connectivity index (χ1v) is 8.56. The van der Waals surface area contributed by atoms with Gasteiger partial charge in [-0.2, -0.15) is 0 Å². The van der Waals surface area contributed by atoms with Crippen molar-refractivity contribution in [2.75, 3.05) is 5.32 Å². The van der Waals surface area contributed by atoms with E-state index in [-0.39, 0.29) is 28.1 Å². The minimum atomic E-state index is -0.983. The van der Waals surface area contributed by atoms with Crippen LogP contribution >= 0.6 is 34.5 Å². The Morgan fingerprint density at radius 2 is 1.79 bits per heavy atom. The molecular weight excluding hydrogens is 369 g/mol. The van der Waals surface area contributed by atoms with Crippen molar-refractivity contribution in [3.05, 3.63) is 63.0 Å². The maximum absolute atomic E-state index is 12.5. The summed E-state index contributed by atoms with van der Waals surface area (Å²) in [6.45, 7) is 0. The fourth-order valence-electron chi connectivity index (χ4n) is 2.36. The Bertz CT molecular complexity index is 929. The van der Waals surface area contributed by atoms with Crippen LogP contribution in [0.1, 0.15) is 15.9 Å². The van der Waals surface area contributed by atoms with Crippen LogP contribution in [0, 0.1) is 0 Å². The molecule has 0 unspecified atom stereocenters. The van der Waals surface area contributed by atoms with E-state index in [0.717, 1.165) is 10.1 Å². The molecule has 1 amide bonds.